The van der Waals surface area contributed by atoms with E-state index in [1.54, 1.807) is 30.2 Å². The van der Waals surface area contributed by atoms with Crippen LogP contribution in [0.2, 0.25) is 0 Å². The summed E-state index contributed by atoms with van der Waals surface area (Å²) in [4.78, 5) is 40.6. The number of aromatic nitrogens is 5. The number of amides is 2. The van der Waals surface area contributed by atoms with Gasteiger partial charge in [0.1, 0.15) is 17.8 Å². The molecule has 0 bridgehead atoms. The van der Waals surface area contributed by atoms with Gasteiger partial charge in [-0.1, -0.05) is 18.1 Å². The van der Waals surface area contributed by atoms with Crippen molar-refractivity contribution in [2.45, 2.75) is 32.7 Å². The molecule has 4 aromatic rings. The molecular weight excluding hydrogens is 476 g/mol. The van der Waals surface area contributed by atoms with E-state index in [2.05, 4.69) is 32.1 Å². The number of aryl methyl sites for hydroxylation is 1. The molecule has 1 unspecified atom stereocenters. The highest BCUT2D eigenvalue weighted by atomic mass is 32.1. The lowest BCUT2D eigenvalue weighted by Gasteiger charge is -2.31. The first-order valence-corrected chi connectivity index (χ1v) is 12.3. The minimum absolute atomic E-state index is 0.0706. The zero-order valence-corrected chi connectivity index (χ0v) is 20.7. The quantitative estimate of drug-likeness (QED) is 0.411. The fourth-order valence-electron chi connectivity index (χ4n) is 4.34. The number of anilines is 2. The summed E-state index contributed by atoms with van der Waals surface area (Å²) in [5.41, 5.74) is 8.78. The Morgan fingerprint density at radius 1 is 1.19 bits per heavy atom. The minimum Gasteiger partial charge on any atom is -0.383 e. The molecule has 11 heteroatoms. The Hall–Kier alpha value is -4.30. The molecular formula is C25H24N8O2S. The average molecular weight is 501 g/mol. The first-order valence-electron chi connectivity index (χ1n) is 11.5. The van der Waals surface area contributed by atoms with Crippen molar-refractivity contribution >= 4 is 45.1 Å². The van der Waals surface area contributed by atoms with E-state index >= 15 is 0 Å². The van der Waals surface area contributed by atoms with Crippen molar-refractivity contribution in [3.05, 3.63) is 47.2 Å². The van der Waals surface area contributed by atoms with Crippen molar-refractivity contribution in [2.24, 2.45) is 0 Å². The van der Waals surface area contributed by atoms with Gasteiger partial charge in [0, 0.05) is 35.3 Å². The molecule has 1 saturated heterocycles. The Kier molecular flexibility index (Phi) is 6.35. The maximum Gasteiger partial charge on any atom is 0.298 e. The van der Waals surface area contributed by atoms with E-state index in [-0.39, 0.29) is 17.9 Å². The number of benzene rings is 1. The van der Waals surface area contributed by atoms with Gasteiger partial charge in [-0.15, -0.1) is 11.3 Å². The van der Waals surface area contributed by atoms with E-state index in [0.717, 1.165) is 23.3 Å². The third-order valence-electron chi connectivity index (χ3n) is 6.04. The highest BCUT2D eigenvalue weighted by molar-refractivity contribution is 7.15. The summed E-state index contributed by atoms with van der Waals surface area (Å²) in [5.74, 6) is 5.20. The van der Waals surface area contributed by atoms with Crippen LogP contribution in [0.15, 0.2) is 36.8 Å². The van der Waals surface area contributed by atoms with E-state index in [9.17, 15) is 9.59 Å². The molecule has 10 nitrogen and oxygen atoms in total. The number of nitrogens with zero attached hydrogens (tertiary/aromatic N) is 6. The number of carbonyl (C=O) groups is 2. The molecule has 1 aromatic carbocycles. The van der Waals surface area contributed by atoms with Gasteiger partial charge in [-0.05, 0) is 44.7 Å². The van der Waals surface area contributed by atoms with Crippen LogP contribution < -0.4 is 11.1 Å². The summed E-state index contributed by atoms with van der Waals surface area (Å²) in [6.45, 7) is 4.74. The number of fused-ring (bicyclic) bond motifs is 1. The second kappa shape index (κ2) is 9.75. The van der Waals surface area contributed by atoms with Crippen LogP contribution in [0, 0.1) is 18.8 Å². The fraction of sp³-hybridized carbons (Fsp3) is 0.280. The maximum atomic E-state index is 12.6. The maximum absolute atomic E-state index is 12.6. The van der Waals surface area contributed by atoms with Gasteiger partial charge < -0.3 is 10.6 Å². The van der Waals surface area contributed by atoms with Gasteiger partial charge >= 0.3 is 0 Å². The van der Waals surface area contributed by atoms with Crippen molar-refractivity contribution in [2.75, 3.05) is 24.1 Å². The summed E-state index contributed by atoms with van der Waals surface area (Å²) < 4.78 is 1.84. The Bertz CT molecular complexity index is 1510. The molecule has 0 saturated carbocycles. The van der Waals surface area contributed by atoms with Crippen molar-refractivity contribution in [3.63, 3.8) is 0 Å². The third kappa shape index (κ3) is 4.50. The first-order chi connectivity index (χ1) is 17.4. The van der Waals surface area contributed by atoms with Gasteiger partial charge in [0.05, 0.1) is 11.4 Å². The van der Waals surface area contributed by atoms with E-state index in [1.807, 2.05) is 23.7 Å². The number of piperidine rings is 1. The van der Waals surface area contributed by atoms with Crippen molar-refractivity contribution in [1.82, 2.24) is 29.6 Å². The molecule has 1 fully saturated rings. The van der Waals surface area contributed by atoms with E-state index in [0.29, 0.717) is 46.3 Å². The van der Waals surface area contributed by atoms with Crippen LogP contribution >= 0.6 is 11.3 Å². The van der Waals surface area contributed by atoms with Crippen LogP contribution in [0.4, 0.5) is 10.9 Å². The predicted octanol–water partition coefficient (Wildman–Crippen LogP) is 3.28. The minimum atomic E-state index is -0.240. The van der Waals surface area contributed by atoms with E-state index in [4.69, 9.17) is 10.8 Å². The van der Waals surface area contributed by atoms with Crippen molar-refractivity contribution in [1.29, 1.82) is 0 Å². The van der Waals surface area contributed by atoms with Crippen LogP contribution in [0.5, 0.6) is 0 Å². The summed E-state index contributed by atoms with van der Waals surface area (Å²) in [5, 5.41) is 8.89. The summed E-state index contributed by atoms with van der Waals surface area (Å²) in [7, 11) is 0. The van der Waals surface area contributed by atoms with Gasteiger partial charge in [0.2, 0.25) is 0 Å². The summed E-state index contributed by atoms with van der Waals surface area (Å²) in [6, 6.07) is 7.06. The van der Waals surface area contributed by atoms with Crippen molar-refractivity contribution < 1.29 is 9.59 Å². The molecule has 5 rings (SSSR count). The van der Waals surface area contributed by atoms with E-state index < -0.39 is 0 Å². The molecule has 1 aliphatic rings. The van der Waals surface area contributed by atoms with Gasteiger partial charge in [-0.25, -0.2) is 19.6 Å². The highest BCUT2D eigenvalue weighted by Crippen LogP contribution is 2.34. The lowest BCUT2D eigenvalue weighted by molar-refractivity contribution is -0.126. The smallest absolute Gasteiger partial charge is 0.298 e. The third-order valence-corrected chi connectivity index (χ3v) is 6.87. The van der Waals surface area contributed by atoms with Gasteiger partial charge in [-0.3, -0.25) is 14.9 Å². The molecule has 182 valence electrons. The molecule has 3 N–H and O–H groups in total. The van der Waals surface area contributed by atoms with Gasteiger partial charge in [-0.2, -0.15) is 5.10 Å². The summed E-state index contributed by atoms with van der Waals surface area (Å²) in [6.07, 6.45) is 4.82. The summed E-state index contributed by atoms with van der Waals surface area (Å²) >= 11 is 1.42. The second-order valence-corrected chi connectivity index (χ2v) is 9.72. The van der Waals surface area contributed by atoms with E-state index in [1.165, 1.54) is 17.7 Å². The number of hydrogen-bond acceptors (Lipinski definition) is 8. The largest absolute Gasteiger partial charge is 0.383 e. The molecule has 36 heavy (non-hydrogen) atoms. The Morgan fingerprint density at radius 3 is 2.72 bits per heavy atom. The molecule has 1 aliphatic heterocycles. The number of thiazole rings is 1. The van der Waals surface area contributed by atoms with Crippen LogP contribution in [0.3, 0.4) is 0 Å². The zero-order valence-electron chi connectivity index (χ0n) is 19.9. The molecule has 0 aliphatic carbocycles. The first kappa shape index (κ1) is 23.4. The standard InChI is InChI=1S/C25H24N8O2S/c1-3-5-19(34)32-11-4-6-18(13-32)33-23-20(22(26)28-14-29-23)21(31-33)16-7-9-17(10-8-16)24(35)30-25-27-12-15(2)36-25/h7-10,12,14,18H,4,6,11,13H2,1-2H3,(H2,26,28,29)(H,27,30,35). The molecule has 3 aromatic heterocycles. The number of nitrogens with two attached hydrogens (primary N) is 1. The highest BCUT2D eigenvalue weighted by Gasteiger charge is 2.28. The number of likely N-dealkylation sites (tertiary alicyclic amines) is 1. The topological polar surface area (TPSA) is 132 Å². The number of nitrogens with one attached hydrogen (secondary N) is 1. The van der Waals surface area contributed by atoms with Crippen LogP contribution in [0.25, 0.3) is 22.3 Å². The van der Waals surface area contributed by atoms with Crippen LogP contribution in [-0.4, -0.2) is 54.5 Å². The predicted molar refractivity (Wildman–Crippen MR) is 138 cm³/mol. The van der Waals surface area contributed by atoms with Crippen LogP contribution in [-0.2, 0) is 4.79 Å². The van der Waals surface area contributed by atoms with Crippen LogP contribution in [0.1, 0.15) is 41.0 Å². The Labute approximate surface area is 211 Å². The molecule has 0 spiro atoms. The lowest BCUT2D eigenvalue weighted by Crippen LogP contribution is -2.40. The Morgan fingerprint density at radius 2 is 2.00 bits per heavy atom. The van der Waals surface area contributed by atoms with Gasteiger partial charge in [0.15, 0.2) is 10.8 Å². The monoisotopic (exact) mass is 500 g/mol. The SMILES string of the molecule is CC#CC(=O)N1CCCC(n2nc(-c3ccc(C(=O)Nc4ncc(C)s4)cc3)c3c(N)ncnc32)C1. The average Bonchev–Trinajstić information content (AvgIpc) is 3.48. The number of rotatable bonds is 4. The second-order valence-electron chi connectivity index (χ2n) is 8.48. The van der Waals surface area contributed by atoms with Gasteiger partial charge in [0.25, 0.3) is 11.8 Å². The number of carbonyl (C=O) groups excluding carboxylic acids is 2. The lowest BCUT2D eigenvalue weighted by atomic mass is 10.1. The molecule has 1 atom stereocenters. The number of nitrogen functional groups attached to an aromatic ring is 1. The van der Waals surface area contributed by atoms with Crippen molar-refractivity contribution in [3.8, 4) is 23.1 Å². The number of hydrogen-bond donors (Lipinski definition) is 2. The Balaban J connectivity index is 1.46. The normalized spacial score (nSPS) is 15.4. The molecule has 2 amide bonds. The zero-order chi connectivity index (χ0) is 25.2. The molecule has 0 radical (unpaired) electrons. The fourth-order valence-corrected chi connectivity index (χ4v) is 5.00. The molecule has 4 heterocycles.